The van der Waals surface area contributed by atoms with Crippen LogP contribution in [-0.4, -0.2) is 5.97 Å². The van der Waals surface area contributed by atoms with Crippen molar-refractivity contribution in [2.24, 2.45) is 0 Å². The summed E-state index contributed by atoms with van der Waals surface area (Å²) in [6, 6.07) is 6.45. The molecule has 0 saturated carbocycles. The van der Waals surface area contributed by atoms with E-state index in [9.17, 15) is 18.0 Å². The van der Waals surface area contributed by atoms with E-state index >= 15 is 0 Å². The van der Waals surface area contributed by atoms with Crippen molar-refractivity contribution in [3.05, 3.63) is 41.3 Å². The number of ether oxygens (including phenoxy) is 1. The van der Waals surface area contributed by atoms with Crippen molar-refractivity contribution >= 4 is 17.3 Å². The Morgan fingerprint density at radius 1 is 1.26 bits per heavy atom. The molecule has 1 heterocycles. The predicted octanol–water partition coefficient (Wildman–Crippen LogP) is 4.36. The van der Waals surface area contributed by atoms with Gasteiger partial charge in [0.1, 0.15) is 5.75 Å². The number of carbonyl (C=O) groups excluding carboxylic acids is 1. The molecule has 19 heavy (non-hydrogen) atoms. The van der Waals surface area contributed by atoms with Crippen molar-refractivity contribution in [3.63, 3.8) is 0 Å². The first kappa shape index (κ1) is 13.6. The highest BCUT2D eigenvalue weighted by atomic mass is 32.1. The molecule has 2 nitrogen and oxygen atoms in total. The first-order valence-corrected chi connectivity index (χ1v) is 6.19. The quantitative estimate of drug-likeness (QED) is 0.605. The highest BCUT2D eigenvalue weighted by Crippen LogP contribution is 2.38. The summed E-state index contributed by atoms with van der Waals surface area (Å²) in [6.07, 6.45) is -4.43. The second-order valence-corrected chi connectivity index (χ2v) is 4.73. The topological polar surface area (TPSA) is 26.3 Å². The normalized spacial score (nSPS) is 11.4. The van der Waals surface area contributed by atoms with Gasteiger partial charge in [0, 0.05) is 17.4 Å². The average molecular weight is 286 g/mol. The standard InChI is InChI=1S/C13H9F3O2S/c1-8(17)18-11-5-4-9(13(14,15)16)7-10(11)12-3-2-6-19-12/h2-7H,1H3. The first-order chi connectivity index (χ1) is 8.88. The van der Waals surface area contributed by atoms with Crippen molar-refractivity contribution in [2.75, 3.05) is 0 Å². The molecule has 6 heteroatoms. The van der Waals surface area contributed by atoms with Crippen LogP contribution in [0.2, 0.25) is 0 Å². The summed E-state index contributed by atoms with van der Waals surface area (Å²) in [5.74, 6) is -0.444. The van der Waals surface area contributed by atoms with Gasteiger partial charge in [-0.3, -0.25) is 4.79 Å². The van der Waals surface area contributed by atoms with Crippen molar-refractivity contribution in [2.45, 2.75) is 13.1 Å². The van der Waals surface area contributed by atoms with Crippen LogP contribution in [0.1, 0.15) is 12.5 Å². The van der Waals surface area contributed by atoms with E-state index in [-0.39, 0.29) is 11.3 Å². The molecule has 0 aliphatic heterocycles. The van der Waals surface area contributed by atoms with Crippen molar-refractivity contribution in [1.82, 2.24) is 0 Å². The summed E-state index contributed by atoms with van der Waals surface area (Å²) in [7, 11) is 0. The van der Waals surface area contributed by atoms with E-state index in [0.717, 1.165) is 12.1 Å². The predicted molar refractivity (Wildman–Crippen MR) is 66.1 cm³/mol. The van der Waals surface area contributed by atoms with Gasteiger partial charge >= 0.3 is 12.1 Å². The summed E-state index contributed by atoms with van der Waals surface area (Å²) in [4.78, 5) is 11.6. The molecule has 0 saturated heterocycles. The largest absolute Gasteiger partial charge is 0.426 e. The van der Waals surface area contributed by atoms with Gasteiger partial charge in [-0.25, -0.2) is 0 Å². The van der Waals surface area contributed by atoms with Gasteiger partial charge < -0.3 is 4.74 Å². The Balaban J connectivity index is 2.54. The lowest BCUT2D eigenvalue weighted by atomic mass is 10.1. The van der Waals surface area contributed by atoms with Crippen LogP contribution in [0.15, 0.2) is 35.7 Å². The molecule has 1 aromatic carbocycles. The fourth-order valence-corrected chi connectivity index (χ4v) is 2.32. The number of alkyl halides is 3. The van der Waals surface area contributed by atoms with Crippen LogP contribution in [0.4, 0.5) is 13.2 Å². The molecule has 100 valence electrons. The maximum atomic E-state index is 12.7. The second kappa shape index (κ2) is 5.05. The zero-order valence-electron chi connectivity index (χ0n) is 9.82. The molecule has 0 N–H and O–H groups in total. The van der Waals surface area contributed by atoms with Gasteiger partial charge in [0.15, 0.2) is 0 Å². The van der Waals surface area contributed by atoms with Crippen LogP contribution in [0.5, 0.6) is 5.75 Å². The number of benzene rings is 1. The fraction of sp³-hybridized carbons (Fsp3) is 0.154. The Morgan fingerprint density at radius 3 is 2.53 bits per heavy atom. The molecule has 0 unspecified atom stereocenters. The Bertz CT molecular complexity index is 588. The van der Waals surface area contributed by atoms with E-state index in [4.69, 9.17) is 4.74 Å². The Kier molecular flexibility index (Phi) is 3.61. The van der Waals surface area contributed by atoms with Crippen molar-refractivity contribution in [1.29, 1.82) is 0 Å². The van der Waals surface area contributed by atoms with Crippen molar-refractivity contribution in [3.8, 4) is 16.2 Å². The number of carbonyl (C=O) groups is 1. The van der Waals surface area contributed by atoms with Gasteiger partial charge in [0.25, 0.3) is 0 Å². The molecular weight excluding hydrogens is 277 g/mol. The Morgan fingerprint density at radius 2 is 2.00 bits per heavy atom. The highest BCUT2D eigenvalue weighted by Gasteiger charge is 2.31. The smallest absolute Gasteiger partial charge is 0.416 e. The summed E-state index contributed by atoms with van der Waals surface area (Å²) < 4.78 is 43.0. The molecule has 0 amide bonds. The van der Waals surface area contributed by atoms with Gasteiger partial charge in [-0.2, -0.15) is 13.2 Å². The molecule has 0 fully saturated rings. The molecule has 0 atom stereocenters. The Labute approximate surface area is 111 Å². The molecule has 0 bridgehead atoms. The van der Waals surface area contributed by atoms with Crippen molar-refractivity contribution < 1.29 is 22.7 Å². The number of hydrogen-bond donors (Lipinski definition) is 0. The second-order valence-electron chi connectivity index (χ2n) is 3.78. The molecule has 2 rings (SSSR count). The van der Waals surface area contributed by atoms with E-state index in [0.29, 0.717) is 4.88 Å². The fourth-order valence-electron chi connectivity index (χ4n) is 1.57. The van der Waals surface area contributed by atoms with Crippen LogP contribution in [-0.2, 0) is 11.0 Å². The molecule has 0 aliphatic carbocycles. The molecule has 0 aliphatic rings. The minimum atomic E-state index is -4.43. The van der Waals surface area contributed by atoms with E-state index in [2.05, 4.69) is 0 Å². The van der Waals surface area contributed by atoms with Gasteiger partial charge in [0.05, 0.1) is 5.56 Å². The lowest BCUT2D eigenvalue weighted by Crippen LogP contribution is -2.07. The Hall–Kier alpha value is -1.82. The van der Waals surface area contributed by atoms with Crippen LogP contribution in [0, 0.1) is 0 Å². The minimum Gasteiger partial charge on any atom is -0.426 e. The van der Waals surface area contributed by atoms with E-state index in [1.54, 1.807) is 17.5 Å². The summed E-state index contributed by atoms with van der Waals surface area (Å²) in [5.41, 5.74) is -0.508. The van der Waals surface area contributed by atoms with E-state index in [1.165, 1.54) is 24.3 Å². The number of thiophene rings is 1. The van der Waals surface area contributed by atoms with E-state index < -0.39 is 17.7 Å². The zero-order chi connectivity index (χ0) is 14.0. The summed E-state index contributed by atoms with van der Waals surface area (Å²) in [5, 5.41) is 1.74. The monoisotopic (exact) mass is 286 g/mol. The highest BCUT2D eigenvalue weighted by molar-refractivity contribution is 7.13. The number of hydrogen-bond acceptors (Lipinski definition) is 3. The molecule has 0 radical (unpaired) electrons. The van der Waals surface area contributed by atoms with Gasteiger partial charge in [-0.15, -0.1) is 11.3 Å². The molecule has 1 aromatic heterocycles. The third-order valence-corrected chi connectivity index (χ3v) is 3.25. The van der Waals surface area contributed by atoms with Gasteiger partial charge in [-0.1, -0.05) is 6.07 Å². The maximum absolute atomic E-state index is 12.7. The number of esters is 1. The molecular formula is C13H9F3O2S. The molecule has 2 aromatic rings. The SMILES string of the molecule is CC(=O)Oc1ccc(C(F)(F)F)cc1-c1cccs1. The zero-order valence-corrected chi connectivity index (χ0v) is 10.6. The minimum absolute atomic E-state index is 0.128. The first-order valence-electron chi connectivity index (χ1n) is 5.31. The lowest BCUT2D eigenvalue weighted by Gasteiger charge is -2.12. The van der Waals surface area contributed by atoms with Gasteiger partial charge in [-0.05, 0) is 29.6 Å². The summed E-state index contributed by atoms with van der Waals surface area (Å²) in [6.45, 7) is 1.20. The average Bonchev–Trinajstić information content (AvgIpc) is 2.80. The molecule has 0 spiro atoms. The third kappa shape index (κ3) is 3.14. The lowest BCUT2D eigenvalue weighted by molar-refractivity contribution is -0.137. The van der Waals surface area contributed by atoms with Crippen LogP contribution in [0.25, 0.3) is 10.4 Å². The summed E-state index contributed by atoms with van der Waals surface area (Å²) >= 11 is 1.28. The number of halogens is 3. The number of rotatable bonds is 2. The third-order valence-electron chi connectivity index (χ3n) is 2.35. The van der Waals surface area contributed by atoms with E-state index in [1.807, 2.05) is 0 Å². The van der Waals surface area contributed by atoms with Crippen LogP contribution < -0.4 is 4.74 Å². The maximum Gasteiger partial charge on any atom is 0.416 e. The van der Waals surface area contributed by atoms with Gasteiger partial charge in [0.2, 0.25) is 0 Å². The van der Waals surface area contributed by atoms with Crippen LogP contribution in [0.3, 0.4) is 0 Å². The van der Waals surface area contributed by atoms with Crippen LogP contribution >= 0.6 is 11.3 Å².